The van der Waals surface area contributed by atoms with Crippen molar-refractivity contribution in [2.24, 2.45) is 5.41 Å². The van der Waals surface area contributed by atoms with E-state index in [0.717, 1.165) is 58.2 Å². The van der Waals surface area contributed by atoms with Gasteiger partial charge in [0, 0.05) is 18.4 Å². The average molecular weight is 398 g/mol. The SMILES string of the molecule is CCCC1CC2(CCN(CCCC(=O)c3ccc(F)cc3)CC2)C(=O)O1.Cl. The molecule has 4 nitrogen and oxygen atoms in total. The largest absolute Gasteiger partial charge is 0.462 e. The van der Waals surface area contributed by atoms with E-state index in [0.29, 0.717) is 12.0 Å². The lowest BCUT2D eigenvalue weighted by atomic mass is 9.75. The Kier molecular flexibility index (Phi) is 7.80. The van der Waals surface area contributed by atoms with E-state index >= 15 is 0 Å². The number of halogens is 2. The van der Waals surface area contributed by atoms with Crippen LogP contribution in [-0.4, -0.2) is 42.4 Å². The first kappa shape index (κ1) is 21.8. The van der Waals surface area contributed by atoms with Gasteiger partial charge in [0.2, 0.25) is 0 Å². The van der Waals surface area contributed by atoms with Gasteiger partial charge in [-0.2, -0.15) is 0 Å². The minimum Gasteiger partial charge on any atom is -0.462 e. The first-order valence-corrected chi connectivity index (χ1v) is 9.74. The van der Waals surface area contributed by atoms with Crippen LogP contribution in [0.15, 0.2) is 24.3 Å². The van der Waals surface area contributed by atoms with Crippen molar-refractivity contribution >= 4 is 24.2 Å². The van der Waals surface area contributed by atoms with E-state index in [4.69, 9.17) is 4.74 Å². The predicted molar refractivity (Wildman–Crippen MR) is 105 cm³/mol. The number of hydrogen-bond acceptors (Lipinski definition) is 4. The number of cyclic esters (lactones) is 1. The Bertz CT molecular complexity index is 641. The highest BCUT2D eigenvalue weighted by Crippen LogP contribution is 2.44. The van der Waals surface area contributed by atoms with E-state index in [1.54, 1.807) is 12.1 Å². The van der Waals surface area contributed by atoms with Gasteiger partial charge in [0.25, 0.3) is 0 Å². The van der Waals surface area contributed by atoms with Crippen LogP contribution in [0.5, 0.6) is 0 Å². The van der Waals surface area contributed by atoms with Gasteiger partial charge in [-0.25, -0.2) is 4.39 Å². The molecule has 0 amide bonds. The van der Waals surface area contributed by atoms with Crippen molar-refractivity contribution in [3.8, 4) is 0 Å². The number of rotatable bonds is 7. The maximum atomic E-state index is 12.9. The van der Waals surface area contributed by atoms with E-state index in [1.807, 2.05) is 0 Å². The first-order chi connectivity index (χ1) is 12.5. The predicted octanol–water partition coefficient (Wildman–Crippen LogP) is 4.41. The number of carbonyl (C=O) groups is 2. The zero-order chi connectivity index (χ0) is 18.6. The molecular formula is C21H29ClFNO3. The van der Waals surface area contributed by atoms with Crippen LogP contribution >= 0.6 is 12.4 Å². The summed E-state index contributed by atoms with van der Waals surface area (Å²) in [6.07, 6.45) is 5.95. The third-order valence-electron chi connectivity index (χ3n) is 5.79. The molecule has 2 heterocycles. The Morgan fingerprint density at radius 1 is 1.26 bits per heavy atom. The molecular weight excluding hydrogens is 369 g/mol. The number of carbonyl (C=O) groups excluding carboxylic acids is 2. The highest BCUT2D eigenvalue weighted by atomic mass is 35.5. The molecule has 0 aromatic heterocycles. The topological polar surface area (TPSA) is 46.6 Å². The fourth-order valence-corrected chi connectivity index (χ4v) is 4.18. The van der Waals surface area contributed by atoms with Gasteiger partial charge in [0.05, 0.1) is 5.41 Å². The summed E-state index contributed by atoms with van der Waals surface area (Å²) >= 11 is 0. The summed E-state index contributed by atoms with van der Waals surface area (Å²) in [5, 5.41) is 0. The molecule has 2 aliphatic rings. The van der Waals surface area contributed by atoms with Crippen LogP contribution in [0.3, 0.4) is 0 Å². The van der Waals surface area contributed by atoms with Crippen LogP contribution in [0.25, 0.3) is 0 Å². The Morgan fingerprint density at radius 3 is 2.56 bits per heavy atom. The zero-order valence-electron chi connectivity index (χ0n) is 15.9. The van der Waals surface area contributed by atoms with E-state index in [9.17, 15) is 14.0 Å². The summed E-state index contributed by atoms with van der Waals surface area (Å²) in [6, 6.07) is 5.73. The summed E-state index contributed by atoms with van der Waals surface area (Å²) in [7, 11) is 0. The number of likely N-dealkylation sites (tertiary alicyclic amines) is 1. The van der Waals surface area contributed by atoms with E-state index in [1.165, 1.54) is 12.1 Å². The van der Waals surface area contributed by atoms with Crippen molar-refractivity contribution in [1.82, 2.24) is 4.90 Å². The second-order valence-electron chi connectivity index (χ2n) is 7.68. The summed E-state index contributed by atoms with van der Waals surface area (Å²) in [4.78, 5) is 26.8. The van der Waals surface area contributed by atoms with Gasteiger partial charge in [-0.1, -0.05) is 13.3 Å². The standard InChI is InChI=1S/C21H28FNO3.ClH/c1-2-4-18-15-21(20(25)26-18)10-13-23(14-11-21)12-3-5-19(24)16-6-8-17(22)9-7-16;/h6-9,18H,2-5,10-15H2,1H3;1H. The van der Waals surface area contributed by atoms with Crippen molar-refractivity contribution in [3.63, 3.8) is 0 Å². The average Bonchev–Trinajstić information content (AvgIpc) is 2.93. The molecule has 1 spiro atoms. The first-order valence-electron chi connectivity index (χ1n) is 9.74. The Hall–Kier alpha value is -1.46. The fourth-order valence-electron chi connectivity index (χ4n) is 4.18. The number of esters is 1. The number of piperidine rings is 1. The Morgan fingerprint density at radius 2 is 1.93 bits per heavy atom. The van der Waals surface area contributed by atoms with Gasteiger partial charge < -0.3 is 9.64 Å². The van der Waals surface area contributed by atoms with Crippen molar-refractivity contribution in [2.75, 3.05) is 19.6 Å². The maximum Gasteiger partial charge on any atom is 0.312 e. The molecule has 0 bridgehead atoms. The van der Waals surface area contributed by atoms with Crippen molar-refractivity contribution in [2.45, 2.75) is 58.0 Å². The zero-order valence-corrected chi connectivity index (χ0v) is 16.7. The third kappa shape index (κ3) is 5.29. The lowest BCUT2D eigenvalue weighted by Gasteiger charge is -2.36. The van der Waals surface area contributed by atoms with Gasteiger partial charge >= 0.3 is 5.97 Å². The van der Waals surface area contributed by atoms with Crippen molar-refractivity contribution in [3.05, 3.63) is 35.6 Å². The molecule has 0 aliphatic carbocycles. The number of ether oxygens (including phenoxy) is 1. The highest BCUT2D eigenvalue weighted by Gasteiger charge is 2.49. The summed E-state index contributed by atoms with van der Waals surface area (Å²) in [5.41, 5.74) is 0.306. The van der Waals surface area contributed by atoms with Gasteiger partial charge in [0.15, 0.2) is 5.78 Å². The molecule has 1 aromatic carbocycles. The molecule has 2 saturated heterocycles. The van der Waals surface area contributed by atoms with Crippen LogP contribution in [0, 0.1) is 11.2 Å². The molecule has 0 saturated carbocycles. The van der Waals surface area contributed by atoms with Crippen LogP contribution < -0.4 is 0 Å². The van der Waals surface area contributed by atoms with E-state index in [2.05, 4.69) is 11.8 Å². The molecule has 1 aromatic rings. The highest BCUT2D eigenvalue weighted by molar-refractivity contribution is 5.95. The van der Waals surface area contributed by atoms with Crippen molar-refractivity contribution in [1.29, 1.82) is 0 Å². The van der Waals surface area contributed by atoms with Crippen LogP contribution in [0.2, 0.25) is 0 Å². The minimum absolute atomic E-state index is 0. The van der Waals surface area contributed by atoms with Gasteiger partial charge in [-0.15, -0.1) is 12.4 Å². The monoisotopic (exact) mass is 397 g/mol. The quantitative estimate of drug-likeness (QED) is 0.505. The number of Topliss-reactive ketones (excluding diaryl/α,β-unsaturated/α-hetero) is 1. The van der Waals surface area contributed by atoms with Gasteiger partial charge in [0.1, 0.15) is 11.9 Å². The molecule has 150 valence electrons. The molecule has 3 rings (SSSR count). The Balaban J connectivity index is 0.00000261. The number of benzene rings is 1. The summed E-state index contributed by atoms with van der Waals surface area (Å²) < 4.78 is 18.5. The van der Waals surface area contributed by atoms with Crippen LogP contribution in [0.4, 0.5) is 4.39 Å². The molecule has 0 radical (unpaired) electrons. The second-order valence-corrected chi connectivity index (χ2v) is 7.68. The molecule has 1 unspecified atom stereocenters. The van der Waals surface area contributed by atoms with E-state index < -0.39 is 0 Å². The van der Waals surface area contributed by atoms with Crippen LogP contribution in [0.1, 0.15) is 62.2 Å². The van der Waals surface area contributed by atoms with Gasteiger partial charge in [-0.3, -0.25) is 9.59 Å². The number of nitrogens with zero attached hydrogens (tertiary/aromatic N) is 1. The second kappa shape index (κ2) is 9.65. The Labute approximate surface area is 166 Å². The molecule has 2 aliphatic heterocycles. The minimum atomic E-state index is -0.324. The number of hydrogen-bond donors (Lipinski definition) is 0. The molecule has 27 heavy (non-hydrogen) atoms. The lowest BCUT2D eigenvalue weighted by molar-refractivity contribution is -0.150. The third-order valence-corrected chi connectivity index (χ3v) is 5.79. The maximum absolute atomic E-state index is 12.9. The van der Waals surface area contributed by atoms with Crippen LogP contribution in [-0.2, 0) is 9.53 Å². The van der Waals surface area contributed by atoms with Gasteiger partial charge in [-0.05, 0) is 69.6 Å². The summed E-state index contributed by atoms with van der Waals surface area (Å²) in [5.74, 6) is -0.266. The lowest BCUT2D eigenvalue weighted by Crippen LogP contribution is -2.42. The van der Waals surface area contributed by atoms with E-state index in [-0.39, 0.29) is 41.5 Å². The summed E-state index contributed by atoms with van der Waals surface area (Å²) in [6.45, 7) is 4.75. The van der Waals surface area contributed by atoms with Crippen molar-refractivity contribution < 1.29 is 18.7 Å². The smallest absolute Gasteiger partial charge is 0.312 e. The number of ketones is 1. The molecule has 2 fully saturated rings. The fraction of sp³-hybridized carbons (Fsp3) is 0.619. The molecule has 6 heteroatoms. The normalized spacial score (nSPS) is 21.7. The molecule has 1 atom stereocenters. The molecule has 0 N–H and O–H groups in total.